The first-order valence-electron chi connectivity index (χ1n) is 7.05. The lowest BCUT2D eigenvalue weighted by atomic mass is 9.97. The highest BCUT2D eigenvalue weighted by Gasteiger charge is 2.21. The third kappa shape index (κ3) is 3.18. The summed E-state index contributed by atoms with van der Waals surface area (Å²) in [6.07, 6.45) is 1.31. The molecule has 1 saturated heterocycles. The lowest BCUT2D eigenvalue weighted by molar-refractivity contribution is -0.134. The van der Waals surface area contributed by atoms with E-state index in [-0.39, 0.29) is 5.91 Å². The number of carbonyl (C=O) groups excluding carboxylic acids is 2. The smallest absolute Gasteiger partial charge is 0.227 e. The van der Waals surface area contributed by atoms with E-state index in [1.807, 2.05) is 4.90 Å². The average Bonchev–Trinajstić information content (AvgIpc) is 2.42. The van der Waals surface area contributed by atoms with Gasteiger partial charge in [-0.05, 0) is 37.5 Å². The fourth-order valence-electron chi connectivity index (χ4n) is 2.83. The van der Waals surface area contributed by atoms with Crippen molar-refractivity contribution >= 4 is 12.3 Å². The molecule has 1 aromatic carbocycles. The topological polar surface area (TPSA) is 40.6 Å². The summed E-state index contributed by atoms with van der Waals surface area (Å²) in [7, 11) is 0. The predicted molar refractivity (Wildman–Crippen MR) is 78.6 cm³/mol. The van der Waals surface area contributed by atoms with E-state index in [0.717, 1.165) is 12.0 Å². The van der Waals surface area contributed by atoms with Gasteiger partial charge in [-0.25, -0.2) is 0 Å². The first-order chi connectivity index (χ1) is 9.51. The van der Waals surface area contributed by atoms with Gasteiger partial charge in [-0.15, -0.1) is 0 Å². The van der Waals surface area contributed by atoms with E-state index >= 15 is 0 Å². The molecule has 0 unspecified atom stereocenters. The number of benzene rings is 1. The first kappa shape index (κ1) is 14.6. The van der Waals surface area contributed by atoms with Gasteiger partial charge in [-0.3, -0.25) is 9.59 Å². The van der Waals surface area contributed by atoms with Crippen LogP contribution < -0.4 is 0 Å². The molecule has 1 fully saturated rings. The van der Waals surface area contributed by atoms with Gasteiger partial charge in [0.25, 0.3) is 0 Å². The fourth-order valence-corrected chi connectivity index (χ4v) is 2.83. The Kier molecular flexibility index (Phi) is 4.42. The van der Waals surface area contributed by atoms with Crippen LogP contribution in [-0.2, 0) is 16.0 Å². The van der Waals surface area contributed by atoms with Crippen molar-refractivity contribution in [2.24, 2.45) is 0 Å². The van der Waals surface area contributed by atoms with E-state index in [9.17, 15) is 9.59 Å². The summed E-state index contributed by atoms with van der Waals surface area (Å²) in [5.41, 5.74) is 4.74. The van der Waals surface area contributed by atoms with Gasteiger partial charge in [0.05, 0.1) is 6.42 Å². The van der Waals surface area contributed by atoms with Crippen LogP contribution in [0.15, 0.2) is 12.1 Å². The SMILES string of the molecule is Cc1cc(C)c(CC(=O)N2CCN(C=O)CC2)c(C)c1. The first-order valence-corrected chi connectivity index (χ1v) is 7.05. The second-order valence-electron chi connectivity index (χ2n) is 5.58. The van der Waals surface area contributed by atoms with Gasteiger partial charge in [0, 0.05) is 26.2 Å². The largest absolute Gasteiger partial charge is 0.342 e. The van der Waals surface area contributed by atoms with Gasteiger partial charge < -0.3 is 9.80 Å². The average molecular weight is 274 g/mol. The maximum Gasteiger partial charge on any atom is 0.227 e. The highest BCUT2D eigenvalue weighted by molar-refractivity contribution is 5.79. The molecule has 1 aliphatic rings. The maximum absolute atomic E-state index is 12.4. The Bertz CT molecular complexity index is 494. The van der Waals surface area contributed by atoms with E-state index in [2.05, 4.69) is 32.9 Å². The molecule has 0 atom stereocenters. The van der Waals surface area contributed by atoms with Crippen LogP contribution in [0.5, 0.6) is 0 Å². The lowest BCUT2D eigenvalue weighted by Gasteiger charge is -2.32. The predicted octanol–water partition coefficient (Wildman–Crippen LogP) is 1.45. The van der Waals surface area contributed by atoms with Gasteiger partial charge in [0.1, 0.15) is 0 Å². The second-order valence-corrected chi connectivity index (χ2v) is 5.58. The highest BCUT2D eigenvalue weighted by Crippen LogP contribution is 2.18. The van der Waals surface area contributed by atoms with Crippen LogP contribution in [0.4, 0.5) is 0 Å². The third-order valence-corrected chi connectivity index (χ3v) is 3.98. The highest BCUT2D eigenvalue weighted by atomic mass is 16.2. The van der Waals surface area contributed by atoms with E-state index in [0.29, 0.717) is 32.6 Å². The molecular weight excluding hydrogens is 252 g/mol. The van der Waals surface area contributed by atoms with Crippen molar-refractivity contribution in [1.82, 2.24) is 9.80 Å². The molecule has 0 N–H and O–H groups in total. The summed E-state index contributed by atoms with van der Waals surface area (Å²) in [6, 6.07) is 4.25. The van der Waals surface area contributed by atoms with E-state index in [1.54, 1.807) is 4.90 Å². The molecule has 0 bridgehead atoms. The number of hydrogen-bond donors (Lipinski definition) is 0. The van der Waals surface area contributed by atoms with Crippen LogP contribution in [0.3, 0.4) is 0 Å². The summed E-state index contributed by atoms with van der Waals surface area (Å²) in [4.78, 5) is 26.6. The molecule has 2 amide bonds. The standard InChI is InChI=1S/C16H22N2O2/c1-12-8-13(2)15(14(3)9-12)10-16(20)18-6-4-17(11-19)5-7-18/h8-9,11H,4-7,10H2,1-3H3. The number of carbonyl (C=O) groups is 2. The van der Waals surface area contributed by atoms with Crippen LogP contribution in [0.2, 0.25) is 0 Å². The minimum absolute atomic E-state index is 0.158. The Morgan fingerprint density at radius 2 is 1.65 bits per heavy atom. The van der Waals surface area contributed by atoms with Crippen molar-refractivity contribution in [3.8, 4) is 0 Å². The van der Waals surface area contributed by atoms with Crippen LogP contribution in [0, 0.1) is 20.8 Å². The quantitative estimate of drug-likeness (QED) is 0.783. The molecular formula is C16H22N2O2. The lowest BCUT2D eigenvalue weighted by Crippen LogP contribution is -2.48. The molecule has 1 heterocycles. The van der Waals surface area contributed by atoms with Crippen LogP contribution in [0.1, 0.15) is 22.3 Å². The summed E-state index contributed by atoms with van der Waals surface area (Å²) in [6.45, 7) is 8.76. The molecule has 20 heavy (non-hydrogen) atoms. The van der Waals surface area contributed by atoms with Crippen molar-refractivity contribution in [1.29, 1.82) is 0 Å². The van der Waals surface area contributed by atoms with Gasteiger partial charge >= 0.3 is 0 Å². The Hall–Kier alpha value is -1.84. The Morgan fingerprint density at radius 1 is 1.10 bits per heavy atom. The minimum Gasteiger partial charge on any atom is -0.342 e. The van der Waals surface area contributed by atoms with Gasteiger partial charge in [0.2, 0.25) is 12.3 Å². The molecule has 1 aromatic rings. The number of hydrogen-bond acceptors (Lipinski definition) is 2. The minimum atomic E-state index is 0.158. The van der Waals surface area contributed by atoms with Crippen LogP contribution >= 0.6 is 0 Å². The molecule has 108 valence electrons. The zero-order valence-electron chi connectivity index (χ0n) is 12.5. The molecule has 0 aromatic heterocycles. The van der Waals surface area contributed by atoms with Crippen molar-refractivity contribution < 1.29 is 9.59 Å². The third-order valence-electron chi connectivity index (χ3n) is 3.98. The maximum atomic E-state index is 12.4. The van der Waals surface area contributed by atoms with E-state index in [1.165, 1.54) is 16.7 Å². The zero-order valence-corrected chi connectivity index (χ0v) is 12.5. The van der Waals surface area contributed by atoms with Crippen LogP contribution in [0.25, 0.3) is 0 Å². The molecule has 4 nitrogen and oxygen atoms in total. The summed E-state index contributed by atoms with van der Waals surface area (Å²) in [5, 5.41) is 0. The molecule has 2 rings (SSSR count). The van der Waals surface area contributed by atoms with Crippen molar-refractivity contribution in [2.45, 2.75) is 27.2 Å². The molecule has 1 aliphatic heterocycles. The van der Waals surface area contributed by atoms with Crippen molar-refractivity contribution in [3.63, 3.8) is 0 Å². The molecule has 0 aliphatic carbocycles. The summed E-state index contributed by atoms with van der Waals surface area (Å²) < 4.78 is 0. The van der Waals surface area contributed by atoms with Crippen LogP contribution in [-0.4, -0.2) is 48.3 Å². The van der Waals surface area contributed by atoms with E-state index < -0.39 is 0 Å². The zero-order chi connectivity index (χ0) is 14.7. The van der Waals surface area contributed by atoms with Crippen molar-refractivity contribution in [2.75, 3.05) is 26.2 Å². The normalized spacial score (nSPS) is 15.3. The van der Waals surface area contributed by atoms with Gasteiger partial charge in [-0.2, -0.15) is 0 Å². The number of amides is 2. The second kappa shape index (κ2) is 6.07. The van der Waals surface area contributed by atoms with Gasteiger partial charge in [0.15, 0.2) is 0 Å². The molecule has 0 saturated carbocycles. The number of nitrogens with zero attached hydrogens (tertiary/aromatic N) is 2. The molecule has 0 radical (unpaired) electrons. The Balaban J connectivity index is 2.04. The number of aryl methyl sites for hydroxylation is 3. The number of rotatable bonds is 3. The van der Waals surface area contributed by atoms with Crippen molar-refractivity contribution in [3.05, 3.63) is 34.4 Å². The Morgan fingerprint density at radius 3 is 2.15 bits per heavy atom. The van der Waals surface area contributed by atoms with E-state index in [4.69, 9.17) is 0 Å². The summed E-state index contributed by atoms with van der Waals surface area (Å²) in [5.74, 6) is 0.158. The number of piperazine rings is 1. The summed E-state index contributed by atoms with van der Waals surface area (Å²) >= 11 is 0. The molecule has 0 spiro atoms. The molecule has 4 heteroatoms. The monoisotopic (exact) mass is 274 g/mol. The Labute approximate surface area is 120 Å². The van der Waals surface area contributed by atoms with Gasteiger partial charge in [-0.1, -0.05) is 17.7 Å². The fraction of sp³-hybridized carbons (Fsp3) is 0.500.